The summed E-state index contributed by atoms with van der Waals surface area (Å²) in [5, 5.41) is 11.7. The highest BCUT2D eigenvalue weighted by Gasteiger charge is 2.27. The predicted molar refractivity (Wildman–Crippen MR) is 66.6 cm³/mol. The van der Waals surface area contributed by atoms with Gasteiger partial charge >= 0.3 is 6.18 Å². The molecule has 1 unspecified atom stereocenters. The van der Waals surface area contributed by atoms with Crippen LogP contribution < -0.4 is 0 Å². The van der Waals surface area contributed by atoms with Crippen LogP contribution in [-0.4, -0.2) is 16.3 Å². The van der Waals surface area contributed by atoms with Crippen LogP contribution in [0.2, 0.25) is 0 Å². The molecule has 0 saturated heterocycles. The normalized spacial score (nSPS) is 13.7. The molecule has 1 atom stereocenters. The minimum Gasteiger partial charge on any atom is -0.387 e. The number of aromatic nitrogens is 1. The molecule has 0 fully saturated rings. The summed E-state index contributed by atoms with van der Waals surface area (Å²) in [5.41, 5.74) is 0.445. The number of fused-ring (bicyclic) bond motifs is 1. The van der Waals surface area contributed by atoms with E-state index in [1.54, 1.807) is 12.3 Å². The highest BCUT2D eigenvalue weighted by atomic mass is 19.4. The number of pyridine rings is 1. The van der Waals surface area contributed by atoms with Gasteiger partial charge in [-0.05, 0) is 24.3 Å². The van der Waals surface area contributed by atoms with Crippen molar-refractivity contribution in [3.63, 3.8) is 0 Å². The lowest BCUT2D eigenvalue weighted by molar-refractivity contribution is -0.136. The van der Waals surface area contributed by atoms with Crippen LogP contribution in [0.5, 0.6) is 0 Å². The van der Waals surface area contributed by atoms with Gasteiger partial charge in [0.25, 0.3) is 0 Å². The molecule has 0 radical (unpaired) electrons. The topological polar surface area (TPSA) is 33.1 Å². The molecule has 0 spiro atoms. The smallest absolute Gasteiger partial charge is 0.387 e. The van der Waals surface area contributed by atoms with Crippen LogP contribution in [0.3, 0.4) is 0 Å². The summed E-state index contributed by atoms with van der Waals surface area (Å²) in [7, 11) is 0. The van der Waals surface area contributed by atoms with E-state index in [-0.39, 0.29) is 12.8 Å². The van der Waals surface area contributed by atoms with E-state index in [2.05, 4.69) is 4.98 Å². The molecule has 0 saturated carbocycles. The average molecular weight is 269 g/mol. The SMILES string of the molecule is OC(CCCC(F)(F)F)c1nccc2ccccc12. The van der Waals surface area contributed by atoms with E-state index < -0.39 is 18.7 Å². The lowest BCUT2D eigenvalue weighted by Crippen LogP contribution is -2.08. The van der Waals surface area contributed by atoms with Gasteiger partial charge in [0.05, 0.1) is 11.8 Å². The first-order valence-electron chi connectivity index (χ1n) is 6.06. The van der Waals surface area contributed by atoms with E-state index >= 15 is 0 Å². The number of alkyl halides is 3. The molecule has 1 aromatic carbocycles. The molecule has 0 amide bonds. The van der Waals surface area contributed by atoms with E-state index in [1.165, 1.54) is 0 Å². The Kier molecular flexibility index (Phi) is 4.04. The molecule has 2 rings (SSSR count). The van der Waals surface area contributed by atoms with Gasteiger partial charge in [0, 0.05) is 18.0 Å². The van der Waals surface area contributed by atoms with Gasteiger partial charge in [-0.25, -0.2) is 0 Å². The highest BCUT2D eigenvalue weighted by molar-refractivity contribution is 5.84. The summed E-state index contributed by atoms with van der Waals surface area (Å²) in [6, 6.07) is 9.17. The molecule has 0 aliphatic rings. The monoisotopic (exact) mass is 269 g/mol. The third-order valence-electron chi connectivity index (χ3n) is 2.96. The Hall–Kier alpha value is -1.62. The van der Waals surface area contributed by atoms with Gasteiger partial charge in [0.15, 0.2) is 0 Å². The first-order chi connectivity index (χ1) is 8.97. The third-order valence-corrected chi connectivity index (χ3v) is 2.96. The molecule has 0 aliphatic carbocycles. The van der Waals surface area contributed by atoms with Crippen LogP contribution in [-0.2, 0) is 0 Å². The summed E-state index contributed by atoms with van der Waals surface area (Å²) < 4.78 is 36.2. The van der Waals surface area contributed by atoms with Crippen molar-refractivity contribution < 1.29 is 18.3 Å². The van der Waals surface area contributed by atoms with E-state index in [9.17, 15) is 18.3 Å². The molecule has 102 valence electrons. The molecule has 1 aromatic heterocycles. The Labute approximate surface area is 108 Å². The molecule has 1 heterocycles. The van der Waals surface area contributed by atoms with Crippen LogP contribution >= 0.6 is 0 Å². The van der Waals surface area contributed by atoms with Crippen molar-refractivity contribution in [3.8, 4) is 0 Å². The van der Waals surface area contributed by atoms with Crippen LogP contribution in [0.4, 0.5) is 13.2 Å². The van der Waals surface area contributed by atoms with Crippen LogP contribution in [0.1, 0.15) is 31.1 Å². The van der Waals surface area contributed by atoms with Crippen molar-refractivity contribution in [1.82, 2.24) is 4.98 Å². The minimum absolute atomic E-state index is 0.0561. The number of hydrogen-bond acceptors (Lipinski definition) is 2. The lowest BCUT2D eigenvalue weighted by atomic mass is 10.0. The molecule has 1 N–H and O–H groups in total. The Bertz CT molecular complexity index is 548. The van der Waals surface area contributed by atoms with Crippen molar-refractivity contribution >= 4 is 10.8 Å². The maximum absolute atomic E-state index is 12.1. The lowest BCUT2D eigenvalue weighted by Gasteiger charge is -2.13. The van der Waals surface area contributed by atoms with Crippen LogP contribution in [0.25, 0.3) is 10.8 Å². The van der Waals surface area contributed by atoms with Crippen molar-refractivity contribution in [2.24, 2.45) is 0 Å². The van der Waals surface area contributed by atoms with Gasteiger partial charge in [-0.15, -0.1) is 0 Å². The molecule has 19 heavy (non-hydrogen) atoms. The Balaban J connectivity index is 2.11. The van der Waals surface area contributed by atoms with Gasteiger partial charge in [0.1, 0.15) is 0 Å². The fourth-order valence-corrected chi connectivity index (χ4v) is 2.04. The predicted octanol–water partition coefficient (Wildman–Crippen LogP) is 4.00. The Morgan fingerprint density at radius 1 is 1.16 bits per heavy atom. The van der Waals surface area contributed by atoms with Gasteiger partial charge < -0.3 is 5.11 Å². The standard InChI is InChI=1S/C14H14F3NO/c15-14(16,17)8-3-6-12(19)13-11-5-2-1-4-10(11)7-9-18-13/h1-2,4-5,7,9,12,19H,3,6,8H2. The molecule has 5 heteroatoms. The van der Waals surface area contributed by atoms with Crippen molar-refractivity contribution in [2.75, 3.05) is 0 Å². The second kappa shape index (κ2) is 5.57. The van der Waals surface area contributed by atoms with Gasteiger partial charge in [-0.2, -0.15) is 13.2 Å². The van der Waals surface area contributed by atoms with Gasteiger partial charge in [-0.1, -0.05) is 24.3 Å². The minimum atomic E-state index is -4.17. The zero-order valence-corrected chi connectivity index (χ0v) is 10.2. The van der Waals surface area contributed by atoms with Gasteiger partial charge in [-0.3, -0.25) is 4.98 Å². The fraction of sp³-hybridized carbons (Fsp3) is 0.357. The molecule has 0 bridgehead atoms. The van der Waals surface area contributed by atoms with Crippen molar-refractivity contribution in [3.05, 3.63) is 42.2 Å². The van der Waals surface area contributed by atoms with Crippen molar-refractivity contribution in [1.29, 1.82) is 0 Å². The van der Waals surface area contributed by atoms with Gasteiger partial charge in [0.2, 0.25) is 0 Å². The Morgan fingerprint density at radius 2 is 1.89 bits per heavy atom. The molecule has 0 aliphatic heterocycles. The first kappa shape index (κ1) is 13.8. The number of benzene rings is 1. The summed E-state index contributed by atoms with van der Waals surface area (Å²) in [5.74, 6) is 0. The fourth-order valence-electron chi connectivity index (χ4n) is 2.04. The largest absolute Gasteiger partial charge is 0.389 e. The van der Waals surface area contributed by atoms with E-state index in [0.29, 0.717) is 5.69 Å². The average Bonchev–Trinajstić information content (AvgIpc) is 2.36. The second-order valence-corrected chi connectivity index (χ2v) is 4.44. The zero-order valence-electron chi connectivity index (χ0n) is 10.2. The number of nitrogens with zero attached hydrogens (tertiary/aromatic N) is 1. The number of halogens is 3. The summed E-state index contributed by atoms with van der Waals surface area (Å²) in [4.78, 5) is 4.09. The van der Waals surface area contributed by atoms with Crippen LogP contribution in [0.15, 0.2) is 36.5 Å². The first-order valence-corrected chi connectivity index (χ1v) is 6.06. The zero-order chi connectivity index (χ0) is 13.9. The molecular weight excluding hydrogens is 255 g/mol. The summed E-state index contributed by atoms with van der Waals surface area (Å²) in [6.07, 6.45) is -4.50. The highest BCUT2D eigenvalue weighted by Crippen LogP contribution is 2.28. The maximum atomic E-state index is 12.1. The van der Waals surface area contributed by atoms with E-state index in [4.69, 9.17) is 0 Å². The molecule has 2 nitrogen and oxygen atoms in total. The number of aliphatic hydroxyl groups excluding tert-OH is 1. The van der Waals surface area contributed by atoms with E-state index in [0.717, 1.165) is 10.8 Å². The van der Waals surface area contributed by atoms with Crippen molar-refractivity contribution in [2.45, 2.75) is 31.5 Å². The summed E-state index contributed by atoms with van der Waals surface area (Å²) >= 11 is 0. The van der Waals surface area contributed by atoms with Crippen LogP contribution in [0, 0.1) is 0 Å². The quantitative estimate of drug-likeness (QED) is 0.910. The third kappa shape index (κ3) is 3.67. The molecular formula is C14H14F3NO. The summed E-state index contributed by atoms with van der Waals surface area (Å²) in [6.45, 7) is 0. The van der Waals surface area contributed by atoms with E-state index in [1.807, 2.05) is 24.3 Å². The second-order valence-electron chi connectivity index (χ2n) is 4.44. The number of rotatable bonds is 4. The number of hydrogen-bond donors (Lipinski definition) is 1. The number of aliphatic hydroxyl groups is 1. The Morgan fingerprint density at radius 3 is 2.63 bits per heavy atom. The maximum Gasteiger partial charge on any atom is 0.389 e. The molecule has 2 aromatic rings.